The maximum absolute atomic E-state index is 13.2. The minimum absolute atomic E-state index is 0.0156. The van der Waals surface area contributed by atoms with Crippen LogP contribution in [0.5, 0.6) is 5.75 Å². The monoisotopic (exact) mass is 496 g/mol. The number of ether oxygens (including phenoxy) is 1. The van der Waals surface area contributed by atoms with Crippen LogP contribution in [-0.2, 0) is 6.61 Å². The van der Waals surface area contributed by atoms with E-state index in [-0.39, 0.29) is 28.0 Å². The van der Waals surface area contributed by atoms with Gasteiger partial charge in [-0.3, -0.25) is 0 Å². The normalized spacial score (nSPS) is 13.0. The molecule has 0 amide bonds. The van der Waals surface area contributed by atoms with Gasteiger partial charge < -0.3 is 4.74 Å². The van der Waals surface area contributed by atoms with E-state index in [2.05, 4.69) is 5.10 Å². The van der Waals surface area contributed by atoms with Gasteiger partial charge in [0.05, 0.1) is 6.21 Å². The third kappa shape index (κ3) is 5.61. The van der Waals surface area contributed by atoms with E-state index < -0.39 is 18.1 Å². The Bertz CT molecular complexity index is 936. The number of benzene rings is 2. The Morgan fingerprint density at radius 3 is 2.10 bits per heavy atom. The lowest BCUT2D eigenvalue weighted by molar-refractivity contribution is -0.361. The molecular formula is C17H10Cl3F7N2O. The molecule has 0 aliphatic heterocycles. The fraction of sp³-hybridized carbons (Fsp3) is 0.235. The Balaban J connectivity index is 2.19. The van der Waals surface area contributed by atoms with Crippen LogP contribution in [0.1, 0.15) is 11.1 Å². The van der Waals surface area contributed by atoms with Gasteiger partial charge in [0, 0.05) is 26.2 Å². The fourth-order valence-electron chi connectivity index (χ4n) is 1.98. The largest absolute Gasteiger partial charge is 0.488 e. The maximum atomic E-state index is 13.2. The van der Waals surface area contributed by atoms with Crippen molar-refractivity contribution in [3.8, 4) is 5.75 Å². The molecule has 0 spiro atoms. The van der Waals surface area contributed by atoms with E-state index in [1.165, 1.54) is 24.3 Å². The molecule has 30 heavy (non-hydrogen) atoms. The zero-order valence-corrected chi connectivity index (χ0v) is 16.7. The first-order valence-corrected chi connectivity index (χ1v) is 8.87. The maximum Gasteiger partial charge on any atom is 0.462 e. The van der Waals surface area contributed by atoms with Gasteiger partial charge in [0.25, 0.3) is 0 Å². The van der Waals surface area contributed by atoms with Crippen LogP contribution >= 0.6 is 34.8 Å². The summed E-state index contributed by atoms with van der Waals surface area (Å²) in [5.41, 5.74) is 0.952. The number of alkyl halides is 7. The average Bonchev–Trinajstić information content (AvgIpc) is 2.61. The highest BCUT2D eigenvalue weighted by Crippen LogP contribution is 2.45. The molecule has 3 nitrogen and oxygen atoms in total. The number of halogens is 10. The molecule has 2 aromatic carbocycles. The van der Waals surface area contributed by atoms with Gasteiger partial charge in [0.1, 0.15) is 12.4 Å². The predicted molar refractivity (Wildman–Crippen MR) is 98.9 cm³/mol. The number of nitrogens with one attached hydrogen (secondary N) is 1. The minimum atomic E-state index is -6.48. The van der Waals surface area contributed by atoms with Crippen molar-refractivity contribution in [2.24, 2.45) is 5.10 Å². The first-order valence-electron chi connectivity index (χ1n) is 7.73. The topological polar surface area (TPSA) is 33.6 Å². The summed E-state index contributed by atoms with van der Waals surface area (Å²) in [4.78, 5) is 0. The molecule has 0 aliphatic carbocycles. The molecule has 164 valence electrons. The first kappa shape index (κ1) is 24.4. The van der Waals surface area contributed by atoms with Gasteiger partial charge in [0.2, 0.25) is 0 Å². The second-order valence-electron chi connectivity index (χ2n) is 5.72. The predicted octanol–water partition coefficient (Wildman–Crippen LogP) is 6.94. The molecule has 0 saturated heterocycles. The second-order valence-corrected chi connectivity index (χ2v) is 7.00. The lowest BCUT2D eigenvalue weighted by Crippen LogP contribution is -2.58. The summed E-state index contributed by atoms with van der Waals surface area (Å²) in [5, 5.41) is 3.55. The van der Waals surface area contributed by atoms with Crippen molar-refractivity contribution < 1.29 is 35.5 Å². The van der Waals surface area contributed by atoms with Gasteiger partial charge in [0.15, 0.2) is 0 Å². The zero-order valence-electron chi connectivity index (χ0n) is 14.4. The number of hydrogen-bond donors (Lipinski definition) is 1. The van der Waals surface area contributed by atoms with E-state index in [0.717, 1.165) is 0 Å². The summed E-state index contributed by atoms with van der Waals surface area (Å²) in [7, 11) is 0. The minimum Gasteiger partial charge on any atom is -0.488 e. The molecule has 0 aliphatic rings. The molecule has 0 bridgehead atoms. The van der Waals surface area contributed by atoms with Crippen LogP contribution in [0, 0.1) is 0 Å². The smallest absolute Gasteiger partial charge is 0.462 e. The molecule has 0 radical (unpaired) electrons. The van der Waals surface area contributed by atoms with Gasteiger partial charge in [-0.15, -0.1) is 0 Å². The molecule has 13 heteroatoms. The molecule has 2 aromatic rings. The zero-order chi connectivity index (χ0) is 22.7. The highest BCUT2D eigenvalue weighted by Gasteiger charge is 2.73. The number of hydrazone groups is 1. The van der Waals surface area contributed by atoms with Crippen LogP contribution in [0.15, 0.2) is 41.5 Å². The standard InChI is InChI=1S/C17H10Cl3F7N2O/c18-11-3-4-14(30-8-9-1-2-12(19)6-13(9)20)10(5-11)7-28-29-17(26,27)15(21,22)16(23,24)25/h1-7,29H,8H2/b28-7-. The van der Waals surface area contributed by atoms with Gasteiger partial charge in [-0.1, -0.05) is 40.9 Å². The van der Waals surface area contributed by atoms with Gasteiger partial charge in [-0.2, -0.15) is 35.8 Å². The van der Waals surface area contributed by atoms with Crippen molar-refractivity contribution in [3.05, 3.63) is 62.6 Å². The molecule has 0 heterocycles. The van der Waals surface area contributed by atoms with Crippen LogP contribution in [-0.4, -0.2) is 24.4 Å². The highest BCUT2D eigenvalue weighted by atomic mass is 35.5. The Morgan fingerprint density at radius 2 is 1.50 bits per heavy atom. The Morgan fingerprint density at radius 1 is 0.900 bits per heavy atom. The molecule has 0 atom stereocenters. The molecule has 0 unspecified atom stereocenters. The van der Waals surface area contributed by atoms with Crippen molar-refractivity contribution in [2.45, 2.75) is 24.8 Å². The summed E-state index contributed by atoms with van der Waals surface area (Å²) in [6.45, 7) is -0.103. The Labute approximate surface area is 180 Å². The van der Waals surface area contributed by atoms with Crippen molar-refractivity contribution in [3.63, 3.8) is 0 Å². The molecule has 2 rings (SSSR count). The number of hydrogen-bond acceptors (Lipinski definition) is 3. The molecule has 0 aromatic heterocycles. The second kappa shape index (κ2) is 9.07. The van der Waals surface area contributed by atoms with Crippen LogP contribution in [0.25, 0.3) is 0 Å². The van der Waals surface area contributed by atoms with Crippen LogP contribution in [0.2, 0.25) is 15.1 Å². The van der Waals surface area contributed by atoms with Crippen molar-refractivity contribution in [2.75, 3.05) is 0 Å². The highest BCUT2D eigenvalue weighted by molar-refractivity contribution is 6.35. The third-order valence-electron chi connectivity index (χ3n) is 3.53. The van der Waals surface area contributed by atoms with Crippen molar-refractivity contribution >= 4 is 41.0 Å². The van der Waals surface area contributed by atoms with Gasteiger partial charge >= 0.3 is 18.1 Å². The third-order valence-corrected chi connectivity index (χ3v) is 4.35. The lowest BCUT2D eigenvalue weighted by Gasteiger charge is -2.27. The average molecular weight is 498 g/mol. The van der Waals surface area contributed by atoms with E-state index in [0.29, 0.717) is 22.2 Å². The summed E-state index contributed by atoms with van der Waals surface area (Å²) in [6.07, 6.45) is -5.92. The first-order chi connectivity index (χ1) is 13.7. The summed E-state index contributed by atoms with van der Waals surface area (Å²) < 4.78 is 94.1. The fourth-order valence-corrected chi connectivity index (χ4v) is 2.62. The van der Waals surface area contributed by atoms with E-state index in [4.69, 9.17) is 39.5 Å². The Kier molecular flexibility index (Phi) is 7.36. The van der Waals surface area contributed by atoms with Crippen LogP contribution in [0.4, 0.5) is 30.7 Å². The van der Waals surface area contributed by atoms with Gasteiger partial charge in [-0.25, -0.2) is 5.43 Å². The quantitative estimate of drug-likeness (QED) is 0.195. The summed E-state index contributed by atoms with van der Waals surface area (Å²) in [6, 6.07) is 2.73. The van der Waals surface area contributed by atoms with Crippen LogP contribution < -0.4 is 10.2 Å². The number of rotatable bonds is 7. The van der Waals surface area contributed by atoms with Crippen molar-refractivity contribution in [1.82, 2.24) is 5.43 Å². The molecule has 0 saturated carbocycles. The summed E-state index contributed by atoms with van der Waals surface area (Å²) >= 11 is 17.6. The molecule has 0 fully saturated rings. The van der Waals surface area contributed by atoms with Crippen LogP contribution in [0.3, 0.4) is 0 Å². The van der Waals surface area contributed by atoms with Gasteiger partial charge in [-0.05, 0) is 30.3 Å². The Hall–Kier alpha value is -1.91. The van der Waals surface area contributed by atoms with E-state index in [1.54, 1.807) is 12.1 Å². The number of nitrogens with zero attached hydrogens (tertiary/aromatic N) is 1. The summed E-state index contributed by atoms with van der Waals surface area (Å²) in [5.74, 6) is -6.34. The lowest BCUT2D eigenvalue weighted by atomic mass is 10.2. The van der Waals surface area contributed by atoms with E-state index >= 15 is 0 Å². The van der Waals surface area contributed by atoms with E-state index in [1.807, 2.05) is 0 Å². The molecular weight excluding hydrogens is 488 g/mol. The molecule has 1 N–H and O–H groups in total. The van der Waals surface area contributed by atoms with Crippen molar-refractivity contribution in [1.29, 1.82) is 0 Å². The SMILES string of the molecule is FC(F)(F)C(F)(F)C(F)(F)N/N=C\c1cc(Cl)ccc1OCc1ccc(Cl)cc1Cl. The van der Waals surface area contributed by atoms with E-state index in [9.17, 15) is 30.7 Å².